The van der Waals surface area contributed by atoms with E-state index in [9.17, 15) is 13.2 Å². The van der Waals surface area contributed by atoms with Crippen LogP contribution in [0.4, 0.5) is 5.13 Å². The van der Waals surface area contributed by atoms with Crippen molar-refractivity contribution in [3.05, 3.63) is 77.1 Å². The summed E-state index contributed by atoms with van der Waals surface area (Å²) in [4.78, 5) is 17.7. The number of aromatic nitrogens is 1. The summed E-state index contributed by atoms with van der Waals surface area (Å²) in [5.41, 5.74) is 1.84. The molecule has 1 aromatic heterocycles. The molecule has 0 radical (unpaired) electrons. The second-order valence-electron chi connectivity index (χ2n) is 8.19. The number of hydrogen-bond donors (Lipinski definition) is 1. The van der Waals surface area contributed by atoms with Crippen molar-refractivity contribution in [1.29, 1.82) is 0 Å². The van der Waals surface area contributed by atoms with E-state index in [-0.39, 0.29) is 16.7 Å². The normalized spacial score (nSPS) is 15.4. The Labute approximate surface area is 207 Å². The average molecular weight is 512 g/mol. The van der Waals surface area contributed by atoms with Crippen LogP contribution in [0.2, 0.25) is 5.02 Å². The highest BCUT2D eigenvalue weighted by Crippen LogP contribution is 2.32. The number of rotatable bonds is 5. The third-order valence-corrected chi connectivity index (χ3v) is 9.00. The number of benzene rings is 3. The van der Waals surface area contributed by atoms with Crippen LogP contribution in [0.1, 0.15) is 12.8 Å². The standard InChI is InChI=1S/C25H22ClN3O3S2/c26-19-8-10-20(11-9-19)34(31,32)29-14-12-18(13-15-29)24(30)28-25-27-23(16-33-25)22-7-3-5-17-4-1-2-6-21(17)22/h1-11,16,18H,12-15H2,(H,27,28,30). The first kappa shape index (κ1) is 23.0. The van der Waals surface area contributed by atoms with E-state index in [1.54, 1.807) is 12.1 Å². The lowest BCUT2D eigenvalue weighted by Crippen LogP contribution is -2.41. The van der Waals surface area contributed by atoms with Gasteiger partial charge in [0, 0.05) is 35.0 Å². The predicted octanol–water partition coefficient (Wildman–Crippen LogP) is 5.66. The number of thiazole rings is 1. The van der Waals surface area contributed by atoms with Crippen LogP contribution in [0, 0.1) is 5.92 Å². The van der Waals surface area contributed by atoms with Crippen molar-refractivity contribution in [2.24, 2.45) is 5.92 Å². The van der Waals surface area contributed by atoms with Gasteiger partial charge in [0.2, 0.25) is 15.9 Å². The molecule has 2 heterocycles. The molecule has 3 aromatic carbocycles. The maximum atomic E-state index is 12.9. The summed E-state index contributed by atoms with van der Waals surface area (Å²) in [5.74, 6) is -0.385. The summed E-state index contributed by atoms with van der Waals surface area (Å²) in [5, 5.41) is 8.15. The zero-order valence-corrected chi connectivity index (χ0v) is 20.5. The van der Waals surface area contributed by atoms with E-state index < -0.39 is 10.0 Å². The molecule has 1 aliphatic rings. The minimum atomic E-state index is -3.60. The number of nitrogens with zero attached hydrogens (tertiary/aromatic N) is 2. The first-order valence-electron chi connectivity index (χ1n) is 10.9. The van der Waals surface area contributed by atoms with Crippen LogP contribution in [-0.2, 0) is 14.8 Å². The number of carbonyl (C=O) groups excluding carboxylic acids is 1. The van der Waals surface area contributed by atoms with Gasteiger partial charge in [0.05, 0.1) is 10.6 Å². The molecule has 0 atom stereocenters. The average Bonchev–Trinajstić information content (AvgIpc) is 3.32. The molecule has 1 N–H and O–H groups in total. The molecule has 0 saturated carbocycles. The molecule has 5 rings (SSSR count). The van der Waals surface area contributed by atoms with E-state index in [1.807, 2.05) is 29.6 Å². The number of piperidine rings is 1. The SMILES string of the molecule is O=C(Nc1nc(-c2cccc3ccccc23)cs1)C1CCN(S(=O)(=O)c2ccc(Cl)cc2)CC1. The monoisotopic (exact) mass is 511 g/mol. The van der Waals surface area contributed by atoms with Crippen molar-refractivity contribution in [3.8, 4) is 11.3 Å². The Morgan fingerprint density at radius 1 is 1.00 bits per heavy atom. The lowest BCUT2D eigenvalue weighted by atomic mass is 9.97. The van der Waals surface area contributed by atoms with Gasteiger partial charge in [-0.2, -0.15) is 4.31 Å². The fraction of sp³-hybridized carbons (Fsp3) is 0.200. The Morgan fingerprint density at radius 2 is 1.71 bits per heavy atom. The van der Waals surface area contributed by atoms with Gasteiger partial charge in [-0.25, -0.2) is 13.4 Å². The minimum Gasteiger partial charge on any atom is -0.302 e. The number of fused-ring (bicyclic) bond motifs is 1. The van der Waals surface area contributed by atoms with Gasteiger partial charge in [-0.1, -0.05) is 54.1 Å². The molecule has 0 unspecified atom stereocenters. The highest BCUT2D eigenvalue weighted by molar-refractivity contribution is 7.89. The second kappa shape index (κ2) is 9.46. The predicted molar refractivity (Wildman–Crippen MR) is 137 cm³/mol. The Balaban J connectivity index is 1.23. The molecule has 1 aliphatic heterocycles. The number of amides is 1. The van der Waals surface area contributed by atoms with E-state index in [2.05, 4.69) is 28.5 Å². The van der Waals surface area contributed by atoms with Gasteiger partial charge in [0.1, 0.15) is 0 Å². The van der Waals surface area contributed by atoms with Crippen LogP contribution in [-0.4, -0.2) is 36.7 Å². The van der Waals surface area contributed by atoms with Crippen molar-refractivity contribution in [3.63, 3.8) is 0 Å². The summed E-state index contributed by atoms with van der Waals surface area (Å²) < 4.78 is 27.2. The summed E-state index contributed by atoms with van der Waals surface area (Å²) in [7, 11) is -3.60. The van der Waals surface area contributed by atoms with E-state index in [1.165, 1.54) is 27.8 Å². The summed E-state index contributed by atoms with van der Waals surface area (Å²) in [6.45, 7) is 0.588. The van der Waals surface area contributed by atoms with E-state index in [0.29, 0.717) is 36.1 Å². The highest BCUT2D eigenvalue weighted by atomic mass is 35.5. The van der Waals surface area contributed by atoms with E-state index in [4.69, 9.17) is 11.6 Å². The largest absolute Gasteiger partial charge is 0.302 e. The lowest BCUT2D eigenvalue weighted by molar-refractivity contribution is -0.120. The van der Waals surface area contributed by atoms with Crippen LogP contribution in [0.5, 0.6) is 0 Å². The highest BCUT2D eigenvalue weighted by Gasteiger charge is 2.32. The number of hydrogen-bond acceptors (Lipinski definition) is 5. The molecular formula is C25H22ClN3O3S2. The van der Waals surface area contributed by atoms with Gasteiger partial charge in [0.15, 0.2) is 5.13 Å². The Morgan fingerprint density at radius 3 is 2.47 bits per heavy atom. The number of halogens is 1. The van der Waals surface area contributed by atoms with Gasteiger partial charge in [0.25, 0.3) is 0 Å². The fourth-order valence-electron chi connectivity index (χ4n) is 4.23. The van der Waals surface area contributed by atoms with Gasteiger partial charge >= 0.3 is 0 Å². The third-order valence-electron chi connectivity index (χ3n) is 6.08. The van der Waals surface area contributed by atoms with Gasteiger partial charge in [-0.3, -0.25) is 4.79 Å². The number of sulfonamides is 1. The molecule has 1 fully saturated rings. The number of anilines is 1. The van der Waals surface area contributed by atoms with Crippen LogP contribution in [0.15, 0.2) is 77.0 Å². The van der Waals surface area contributed by atoms with Crippen molar-refractivity contribution >= 4 is 54.8 Å². The topological polar surface area (TPSA) is 79.4 Å². The summed E-state index contributed by atoms with van der Waals surface area (Å²) in [6.07, 6.45) is 0.917. The first-order chi connectivity index (χ1) is 16.4. The zero-order chi connectivity index (χ0) is 23.7. The van der Waals surface area contributed by atoms with Gasteiger partial charge in [-0.15, -0.1) is 11.3 Å². The molecule has 0 bridgehead atoms. The Kier molecular flexibility index (Phi) is 6.40. The van der Waals surface area contributed by atoms with Crippen LogP contribution < -0.4 is 5.32 Å². The van der Waals surface area contributed by atoms with E-state index >= 15 is 0 Å². The smallest absolute Gasteiger partial charge is 0.243 e. The number of carbonyl (C=O) groups is 1. The molecule has 0 spiro atoms. The number of nitrogens with one attached hydrogen (secondary N) is 1. The van der Waals surface area contributed by atoms with Crippen molar-refractivity contribution in [1.82, 2.24) is 9.29 Å². The van der Waals surface area contributed by atoms with Crippen molar-refractivity contribution in [2.75, 3.05) is 18.4 Å². The van der Waals surface area contributed by atoms with Gasteiger partial charge in [-0.05, 0) is 47.9 Å². The molecule has 0 aliphatic carbocycles. The maximum Gasteiger partial charge on any atom is 0.243 e. The molecule has 4 aromatic rings. The van der Waals surface area contributed by atoms with Crippen LogP contribution in [0.25, 0.3) is 22.0 Å². The third kappa shape index (κ3) is 4.59. The Bertz CT molecular complexity index is 1440. The zero-order valence-electron chi connectivity index (χ0n) is 18.1. The van der Waals surface area contributed by atoms with E-state index in [0.717, 1.165) is 22.0 Å². The quantitative estimate of drug-likeness (QED) is 0.375. The maximum absolute atomic E-state index is 12.9. The minimum absolute atomic E-state index is 0.123. The first-order valence-corrected chi connectivity index (χ1v) is 13.6. The summed E-state index contributed by atoms with van der Waals surface area (Å²) in [6, 6.07) is 20.4. The van der Waals surface area contributed by atoms with Crippen molar-refractivity contribution in [2.45, 2.75) is 17.7 Å². The lowest BCUT2D eigenvalue weighted by Gasteiger charge is -2.30. The molecule has 6 nitrogen and oxygen atoms in total. The molecular weight excluding hydrogens is 490 g/mol. The molecule has 34 heavy (non-hydrogen) atoms. The molecule has 9 heteroatoms. The van der Waals surface area contributed by atoms with Crippen molar-refractivity contribution < 1.29 is 13.2 Å². The van der Waals surface area contributed by atoms with Gasteiger partial charge < -0.3 is 5.32 Å². The Hall–Kier alpha value is -2.78. The van der Waals surface area contributed by atoms with Crippen LogP contribution >= 0.6 is 22.9 Å². The second-order valence-corrected chi connectivity index (χ2v) is 11.4. The fourth-order valence-corrected chi connectivity index (χ4v) is 6.53. The van der Waals surface area contributed by atoms with Crippen LogP contribution in [0.3, 0.4) is 0 Å². The molecule has 174 valence electrons. The molecule has 1 amide bonds. The molecule has 1 saturated heterocycles. The summed E-state index contributed by atoms with van der Waals surface area (Å²) >= 11 is 7.26.